The van der Waals surface area contributed by atoms with E-state index >= 15 is 0 Å². The van der Waals surface area contributed by atoms with Gasteiger partial charge < -0.3 is 44.7 Å². The Morgan fingerprint density at radius 1 is 0.685 bits per heavy atom. The van der Waals surface area contributed by atoms with Gasteiger partial charge in [0, 0.05) is 19.0 Å². The van der Waals surface area contributed by atoms with Crippen molar-refractivity contribution in [2.75, 3.05) is 25.6 Å². The first-order chi connectivity index (χ1) is 35.1. The number of nitrogens with zero attached hydrogens (tertiary/aromatic N) is 2. The van der Waals surface area contributed by atoms with Gasteiger partial charge >= 0.3 is 33.3 Å². The molecule has 2 saturated heterocycles. The van der Waals surface area contributed by atoms with Gasteiger partial charge in [0.15, 0.2) is 12.3 Å². The summed E-state index contributed by atoms with van der Waals surface area (Å²) in [5, 5.41) is 20.9. The lowest BCUT2D eigenvalue weighted by molar-refractivity contribution is -0.161. The highest BCUT2D eigenvalue weighted by Crippen LogP contribution is 2.60. The SMILES string of the molecule is CC/C=C\CC1OC1C/C=C\C/C=C\C/C=C\C/C=C\CCC(=O)O[C@H](COC(=O)CCCCCCC/C=C\CCCCCCCC)COP(=O)(O)OP(=O)(O)OC[C@H]1O[C@@H](n2ccc(N)nc2=O)[C@H](O)[C@@H]1O. The number of epoxide rings is 1. The number of anilines is 1. The summed E-state index contributed by atoms with van der Waals surface area (Å²) in [6.07, 6.45) is 38.9. The monoisotopic (exact) mass is 1070 g/mol. The molecule has 4 unspecified atom stereocenters. The Labute approximate surface area is 431 Å². The van der Waals surface area contributed by atoms with Gasteiger partial charge in [-0.3, -0.25) is 23.2 Å². The van der Waals surface area contributed by atoms with Gasteiger partial charge in [-0.05, 0) is 83.1 Å². The molecular weight excluding hydrogens is 985 g/mol. The van der Waals surface area contributed by atoms with Crippen LogP contribution in [-0.4, -0.2) is 97.9 Å². The Bertz CT molecular complexity index is 2080. The zero-order chi connectivity index (χ0) is 53.2. The highest BCUT2D eigenvalue weighted by Gasteiger charge is 2.46. The fourth-order valence-corrected chi connectivity index (χ4v) is 9.66. The molecule has 73 heavy (non-hydrogen) atoms. The van der Waals surface area contributed by atoms with Gasteiger partial charge in [-0.1, -0.05) is 138 Å². The number of carbonyl (C=O) groups excluding carboxylic acids is 2. The Kier molecular flexibility index (Phi) is 32.2. The number of unbranched alkanes of at least 4 members (excludes halogenated alkanes) is 11. The molecule has 19 nitrogen and oxygen atoms in total. The van der Waals surface area contributed by atoms with Gasteiger partial charge in [0.1, 0.15) is 30.7 Å². The lowest BCUT2D eigenvalue weighted by atomic mass is 10.1. The molecule has 6 N–H and O–H groups in total. The average Bonchev–Trinajstić information content (AvgIpc) is 4.04. The van der Waals surface area contributed by atoms with Crippen LogP contribution in [0.15, 0.2) is 90.0 Å². The average molecular weight is 1070 g/mol. The standard InChI is InChI=1S/C52H83N3O16P2/c1-3-5-7-8-9-10-11-12-13-14-18-21-24-27-31-35-47(56)65-39-42(68-48(57)36-32-28-25-22-19-16-15-17-20-23-26-30-34-44-43(69-44)33-29-6-4-2)40-66-72(61,62)71-73(63,64)67-41-45-49(58)50(59)51(70-45)55-38-37-46(53)54-52(55)60/h6,12-13,16-17,19-20,25-26,28-30,37-38,42-45,49-51,58-59H,3-5,7-11,14-15,18,21-24,27,31-36,39-41H2,1-2H3,(H,61,62)(H,63,64)(H2,53,54,60)/b13-12-,19-16-,20-17-,28-25-,29-6-,30-26-/t42-,43?,44?,45-,49-,50-,51-/m1/s1. The first-order valence-electron chi connectivity index (χ1n) is 26.1. The zero-order valence-electron chi connectivity index (χ0n) is 42.9. The van der Waals surface area contributed by atoms with Crippen molar-refractivity contribution in [3.05, 3.63) is 95.7 Å². The van der Waals surface area contributed by atoms with Crippen LogP contribution in [-0.2, 0) is 51.0 Å². The van der Waals surface area contributed by atoms with Crippen LogP contribution < -0.4 is 11.4 Å². The number of aliphatic hydroxyl groups excluding tert-OH is 2. The maximum atomic E-state index is 12.9. The van der Waals surface area contributed by atoms with Crippen molar-refractivity contribution >= 4 is 33.4 Å². The lowest BCUT2D eigenvalue weighted by Gasteiger charge is -2.21. The second kappa shape index (κ2) is 37.0. The molecule has 2 fully saturated rings. The van der Waals surface area contributed by atoms with Crippen LogP contribution >= 0.6 is 15.6 Å². The highest BCUT2D eigenvalue weighted by atomic mass is 31.3. The Hall–Kier alpha value is -3.84. The summed E-state index contributed by atoms with van der Waals surface area (Å²) in [6, 6.07) is 1.24. The van der Waals surface area contributed by atoms with Crippen molar-refractivity contribution in [2.24, 2.45) is 0 Å². The van der Waals surface area contributed by atoms with E-state index in [1.165, 1.54) is 44.6 Å². The van der Waals surface area contributed by atoms with Crippen molar-refractivity contribution in [3.8, 4) is 0 Å². The summed E-state index contributed by atoms with van der Waals surface area (Å²) in [4.78, 5) is 61.9. The smallest absolute Gasteiger partial charge is 0.462 e. The van der Waals surface area contributed by atoms with Crippen molar-refractivity contribution < 1.29 is 71.0 Å². The number of carbonyl (C=O) groups is 2. The lowest BCUT2D eigenvalue weighted by Crippen LogP contribution is -2.36. The zero-order valence-corrected chi connectivity index (χ0v) is 44.6. The number of hydrogen-bond donors (Lipinski definition) is 5. The number of rotatable bonds is 41. The predicted molar refractivity (Wildman–Crippen MR) is 279 cm³/mol. The third kappa shape index (κ3) is 29.2. The number of aromatic nitrogens is 2. The molecule has 0 amide bonds. The van der Waals surface area contributed by atoms with E-state index in [2.05, 4.69) is 71.8 Å². The third-order valence-corrected chi connectivity index (χ3v) is 14.3. The summed E-state index contributed by atoms with van der Waals surface area (Å²) in [7, 11) is -10.9. The van der Waals surface area contributed by atoms with Crippen LogP contribution in [0.2, 0.25) is 0 Å². The minimum atomic E-state index is -5.45. The van der Waals surface area contributed by atoms with Gasteiger partial charge in [-0.2, -0.15) is 9.29 Å². The Balaban J connectivity index is 1.41. The topological polar surface area (TPSA) is 278 Å². The number of phosphoric ester groups is 2. The molecule has 0 bridgehead atoms. The summed E-state index contributed by atoms with van der Waals surface area (Å²) in [5.41, 5.74) is 4.58. The molecule has 0 radical (unpaired) electrons. The van der Waals surface area contributed by atoms with E-state index in [4.69, 9.17) is 33.7 Å². The van der Waals surface area contributed by atoms with Gasteiger partial charge in [-0.15, -0.1) is 0 Å². The van der Waals surface area contributed by atoms with E-state index in [1.807, 2.05) is 18.2 Å². The van der Waals surface area contributed by atoms with Gasteiger partial charge in [0.2, 0.25) is 0 Å². The van der Waals surface area contributed by atoms with E-state index < -0.39 is 83.7 Å². The molecule has 0 saturated carbocycles. The van der Waals surface area contributed by atoms with Crippen LogP contribution in [0.1, 0.15) is 161 Å². The van der Waals surface area contributed by atoms with Gasteiger partial charge in [0.25, 0.3) is 0 Å². The van der Waals surface area contributed by atoms with Gasteiger partial charge in [0.05, 0.1) is 25.4 Å². The number of esters is 2. The van der Waals surface area contributed by atoms with Gasteiger partial charge in [-0.25, -0.2) is 13.9 Å². The molecule has 3 heterocycles. The highest BCUT2D eigenvalue weighted by molar-refractivity contribution is 7.61. The largest absolute Gasteiger partial charge is 0.481 e. The number of nitrogen functional groups attached to an aromatic ring is 1. The maximum Gasteiger partial charge on any atom is 0.481 e. The molecule has 1 aromatic heterocycles. The maximum absolute atomic E-state index is 12.9. The predicted octanol–water partition coefficient (Wildman–Crippen LogP) is 9.88. The number of hydrogen-bond acceptors (Lipinski definition) is 16. The summed E-state index contributed by atoms with van der Waals surface area (Å²) < 4.78 is 62.4. The first kappa shape index (κ1) is 63.5. The number of nitrogens with two attached hydrogens (primary N) is 1. The van der Waals surface area contributed by atoms with E-state index in [0.717, 1.165) is 81.4 Å². The van der Waals surface area contributed by atoms with Crippen molar-refractivity contribution in [1.82, 2.24) is 9.55 Å². The van der Waals surface area contributed by atoms with E-state index in [-0.39, 0.29) is 18.7 Å². The van der Waals surface area contributed by atoms with Crippen LogP contribution in [0.5, 0.6) is 0 Å². The van der Waals surface area contributed by atoms with Crippen LogP contribution in [0.3, 0.4) is 0 Å². The van der Waals surface area contributed by atoms with E-state index in [0.29, 0.717) is 31.5 Å². The molecule has 412 valence electrons. The quantitative estimate of drug-likeness (QED) is 0.0134. The van der Waals surface area contributed by atoms with Crippen LogP contribution in [0.4, 0.5) is 5.82 Å². The molecular formula is C52H83N3O16P2. The van der Waals surface area contributed by atoms with Crippen molar-refractivity contribution in [1.29, 1.82) is 0 Å². The molecule has 2 aliphatic rings. The number of phosphoric acid groups is 2. The third-order valence-electron chi connectivity index (χ3n) is 11.7. The number of ether oxygens (including phenoxy) is 4. The molecule has 2 aliphatic heterocycles. The Morgan fingerprint density at radius 2 is 1.25 bits per heavy atom. The Morgan fingerprint density at radius 3 is 1.88 bits per heavy atom. The second-order valence-electron chi connectivity index (χ2n) is 18.0. The number of allylic oxidation sites excluding steroid dienone is 10. The molecule has 3 rings (SSSR count). The second-order valence-corrected chi connectivity index (χ2v) is 21.1. The molecule has 0 aliphatic carbocycles. The fraction of sp³-hybridized carbons (Fsp3) is 0.654. The first-order valence-corrected chi connectivity index (χ1v) is 29.1. The van der Waals surface area contributed by atoms with Crippen molar-refractivity contribution in [3.63, 3.8) is 0 Å². The molecule has 21 heteroatoms. The van der Waals surface area contributed by atoms with Crippen LogP contribution in [0, 0.1) is 0 Å². The fourth-order valence-electron chi connectivity index (χ4n) is 7.55. The number of aliphatic hydroxyl groups is 2. The minimum Gasteiger partial charge on any atom is -0.462 e. The summed E-state index contributed by atoms with van der Waals surface area (Å²) in [5.74, 6) is -1.42. The van der Waals surface area contributed by atoms with Crippen molar-refractivity contribution in [2.45, 2.75) is 198 Å². The summed E-state index contributed by atoms with van der Waals surface area (Å²) in [6.45, 7) is 1.95. The molecule has 0 aromatic carbocycles. The molecule has 9 atom stereocenters. The minimum absolute atomic E-state index is 0.0830. The van der Waals surface area contributed by atoms with E-state index in [1.54, 1.807) is 6.08 Å². The molecule has 1 aromatic rings. The summed E-state index contributed by atoms with van der Waals surface area (Å²) >= 11 is 0. The van der Waals surface area contributed by atoms with Crippen LogP contribution in [0.25, 0.3) is 0 Å². The normalized spacial score (nSPS) is 22.3. The molecule has 0 spiro atoms. The van der Waals surface area contributed by atoms with E-state index in [9.17, 15) is 43.5 Å².